The minimum Gasteiger partial charge on any atom is -0.370 e. The monoisotopic (exact) mass is 387 g/mol. The van der Waals surface area contributed by atoms with E-state index in [9.17, 15) is 13.2 Å². The summed E-state index contributed by atoms with van der Waals surface area (Å²) < 4.78 is 38.9. The smallest absolute Gasteiger partial charge is 0.370 e. The maximum Gasteiger partial charge on any atom is 0.417 e. The second kappa shape index (κ2) is 8.55. The summed E-state index contributed by atoms with van der Waals surface area (Å²) in [6, 6.07) is 5.37. The van der Waals surface area contributed by atoms with Gasteiger partial charge in [0.2, 0.25) is 5.95 Å². The molecule has 0 radical (unpaired) electrons. The van der Waals surface area contributed by atoms with Gasteiger partial charge in [-0.15, -0.1) is 0 Å². The zero-order chi connectivity index (χ0) is 19.3. The highest BCUT2D eigenvalue weighted by Gasteiger charge is 2.33. The molecule has 2 N–H and O–H groups in total. The normalized spacial score (nSPS) is 11.7. The molecule has 142 valence electrons. The van der Waals surface area contributed by atoms with Crippen molar-refractivity contribution in [1.82, 2.24) is 14.9 Å². The van der Waals surface area contributed by atoms with E-state index < -0.39 is 11.7 Å². The standard InChI is InChI=1S/C17H21ClF3N5/c1-11-9-15(22-7-4-8-26(2)3)25-16(23-11)24-12-5-6-14(18)13(10-12)17(19,20)21/h5-6,9-10H,4,7-8H2,1-3H3,(H2,22,23,24,25). The zero-order valence-electron chi connectivity index (χ0n) is 14.8. The number of rotatable bonds is 7. The Morgan fingerprint density at radius 1 is 1.15 bits per heavy atom. The van der Waals surface area contributed by atoms with Gasteiger partial charge in [0.05, 0.1) is 10.6 Å². The van der Waals surface area contributed by atoms with E-state index in [1.165, 1.54) is 12.1 Å². The van der Waals surface area contributed by atoms with Gasteiger partial charge in [-0.1, -0.05) is 11.6 Å². The van der Waals surface area contributed by atoms with Crippen molar-refractivity contribution in [2.75, 3.05) is 37.8 Å². The maximum absolute atomic E-state index is 13.0. The average Bonchev–Trinajstić information content (AvgIpc) is 2.52. The molecular formula is C17H21ClF3N5. The van der Waals surface area contributed by atoms with Crippen LogP contribution in [-0.4, -0.2) is 42.1 Å². The summed E-state index contributed by atoms with van der Waals surface area (Å²) >= 11 is 5.63. The highest BCUT2D eigenvalue weighted by molar-refractivity contribution is 6.31. The highest BCUT2D eigenvalue weighted by Crippen LogP contribution is 2.36. The topological polar surface area (TPSA) is 53.1 Å². The van der Waals surface area contributed by atoms with Gasteiger partial charge in [0, 0.05) is 24.0 Å². The van der Waals surface area contributed by atoms with Gasteiger partial charge in [-0.3, -0.25) is 0 Å². The quantitative estimate of drug-likeness (QED) is 0.682. The third-order valence-electron chi connectivity index (χ3n) is 3.47. The van der Waals surface area contributed by atoms with Gasteiger partial charge in [-0.25, -0.2) is 4.98 Å². The molecule has 0 amide bonds. The fraction of sp³-hybridized carbons (Fsp3) is 0.412. The Morgan fingerprint density at radius 2 is 1.88 bits per heavy atom. The van der Waals surface area contributed by atoms with E-state index in [2.05, 4.69) is 25.5 Å². The number of aryl methyl sites for hydroxylation is 1. The number of nitrogens with one attached hydrogen (secondary N) is 2. The minimum atomic E-state index is -4.53. The molecule has 0 fully saturated rings. The lowest BCUT2D eigenvalue weighted by molar-refractivity contribution is -0.137. The Hall–Kier alpha value is -2.06. The molecule has 0 aliphatic heterocycles. The number of benzene rings is 1. The van der Waals surface area contributed by atoms with Crippen LogP contribution >= 0.6 is 11.6 Å². The molecule has 0 saturated carbocycles. The van der Waals surface area contributed by atoms with E-state index in [0.29, 0.717) is 11.5 Å². The first-order chi connectivity index (χ1) is 12.1. The summed E-state index contributed by atoms with van der Waals surface area (Å²) in [4.78, 5) is 10.6. The third-order valence-corrected chi connectivity index (χ3v) is 3.80. The van der Waals surface area contributed by atoms with Crippen molar-refractivity contribution >= 4 is 29.1 Å². The van der Waals surface area contributed by atoms with Gasteiger partial charge in [-0.05, 0) is 52.2 Å². The number of hydrogen-bond acceptors (Lipinski definition) is 5. The molecule has 0 spiro atoms. The molecule has 0 bridgehead atoms. The number of halogens is 4. The number of hydrogen-bond donors (Lipinski definition) is 2. The predicted molar refractivity (Wildman–Crippen MR) is 98.2 cm³/mol. The van der Waals surface area contributed by atoms with Gasteiger partial charge in [-0.2, -0.15) is 18.2 Å². The van der Waals surface area contributed by atoms with E-state index in [4.69, 9.17) is 11.6 Å². The molecule has 2 aromatic rings. The Labute approximate surface area is 155 Å². The maximum atomic E-state index is 13.0. The number of anilines is 3. The number of aromatic nitrogens is 2. The number of nitrogens with zero attached hydrogens (tertiary/aromatic N) is 3. The molecule has 1 heterocycles. The molecule has 5 nitrogen and oxygen atoms in total. The fourth-order valence-electron chi connectivity index (χ4n) is 2.28. The first kappa shape index (κ1) is 20.3. The average molecular weight is 388 g/mol. The lowest BCUT2D eigenvalue weighted by Crippen LogP contribution is -2.17. The van der Waals surface area contributed by atoms with Crippen LogP contribution in [0.1, 0.15) is 17.7 Å². The first-order valence-corrected chi connectivity index (χ1v) is 8.41. The van der Waals surface area contributed by atoms with Crippen molar-refractivity contribution in [3.8, 4) is 0 Å². The molecule has 0 aliphatic rings. The molecule has 0 saturated heterocycles. The van der Waals surface area contributed by atoms with Gasteiger partial charge in [0.25, 0.3) is 0 Å². The lowest BCUT2D eigenvalue weighted by Gasteiger charge is -2.13. The van der Waals surface area contributed by atoms with Gasteiger partial charge in [0.15, 0.2) is 0 Å². The van der Waals surface area contributed by atoms with Crippen LogP contribution in [0.5, 0.6) is 0 Å². The van der Waals surface area contributed by atoms with E-state index in [1.54, 1.807) is 13.0 Å². The molecule has 26 heavy (non-hydrogen) atoms. The fourth-order valence-corrected chi connectivity index (χ4v) is 2.50. The second-order valence-electron chi connectivity index (χ2n) is 6.12. The number of alkyl halides is 3. The zero-order valence-corrected chi connectivity index (χ0v) is 15.5. The van der Waals surface area contributed by atoms with Crippen LogP contribution in [0.4, 0.5) is 30.6 Å². The Morgan fingerprint density at radius 3 is 2.54 bits per heavy atom. The van der Waals surface area contributed by atoms with E-state index in [0.717, 1.165) is 25.6 Å². The van der Waals surface area contributed by atoms with Crippen LogP contribution in [0.3, 0.4) is 0 Å². The summed E-state index contributed by atoms with van der Waals surface area (Å²) in [6.45, 7) is 3.46. The molecule has 2 rings (SSSR count). The lowest BCUT2D eigenvalue weighted by atomic mass is 10.2. The first-order valence-electron chi connectivity index (χ1n) is 8.03. The Balaban J connectivity index is 2.12. The molecule has 9 heteroatoms. The molecule has 0 atom stereocenters. The van der Waals surface area contributed by atoms with E-state index in [1.807, 2.05) is 14.1 Å². The summed E-state index contributed by atoms with van der Waals surface area (Å²) in [6.07, 6.45) is -3.59. The summed E-state index contributed by atoms with van der Waals surface area (Å²) in [5.41, 5.74) is 0.00681. The van der Waals surface area contributed by atoms with Crippen LogP contribution in [0.2, 0.25) is 5.02 Å². The van der Waals surface area contributed by atoms with Crippen molar-refractivity contribution in [3.63, 3.8) is 0 Å². The summed E-state index contributed by atoms with van der Waals surface area (Å²) in [7, 11) is 4.00. The molecule has 1 aromatic heterocycles. The van der Waals surface area contributed by atoms with E-state index in [-0.39, 0.29) is 16.7 Å². The van der Waals surface area contributed by atoms with Gasteiger partial charge in [0.1, 0.15) is 5.82 Å². The van der Waals surface area contributed by atoms with Crippen LogP contribution < -0.4 is 10.6 Å². The van der Waals surface area contributed by atoms with Crippen molar-refractivity contribution < 1.29 is 13.2 Å². The second-order valence-corrected chi connectivity index (χ2v) is 6.53. The molecule has 0 unspecified atom stereocenters. The van der Waals surface area contributed by atoms with Crippen LogP contribution in [-0.2, 0) is 6.18 Å². The molecular weight excluding hydrogens is 367 g/mol. The third kappa shape index (κ3) is 6.03. The predicted octanol–water partition coefficient (Wildman–Crippen LogP) is 4.56. The van der Waals surface area contributed by atoms with E-state index >= 15 is 0 Å². The van der Waals surface area contributed by atoms with Crippen LogP contribution in [0, 0.1) is 6.92 Å². The highest BCUT2D eigenvalue weighted by atomic mass is 35.5. The van der Waals surface area contributed by atoms with Crippen molar-refractivity contribution in [2.45, 2.75) is 19.5 Å². The van der Waals surface area contributed by atoms with Gasteiger partial charge < -0.3 is 15.5 Å². The minimum absolute atomic E-state index is 0.214. The van der Waals surface area contributed by atoms with Gasteiger partial charge >= 0.3 is 6.18 Å². The van der Waals surface area contributed by atoms with Crippen molar-refractivity contribution in [3.05, 3.63) is 40.5 Å². The van der Waals surface area contributed by atoms with Crippen molar-refractivity contribution in [1.29, 1.82) is 0 Å². The summed E-state index contributed by atoms with van der Waals surface area (Å²) in [5.74, 6) is 0.833. The Bertz CT molecular complexity index is 750. The molecule has 0 aliphatic carbocycles. The van der Waals surface area contributed by atoms with Crippen LogP contribution in [0.25, 0.3) is 0 Å². The molecule has 1 aromatic carbocycles. The van der Waals surface area contributed by atoms with Crippen molar-refractivity contribution in [2.24, 2.45) is 0 Å². The largest absolute Gasteiger partial charge is 0.417 e. The SMILES string of the molecule is Cc1cc(NCCCN(C)C)nc(Nc2ccc(Cl)c(C(F)(F)F)c2)n1. The summed E-state index contributed by atoms with van der Waals surface area (Å²) in [5, 5.41) is 5.65. The Kier molecular flexibility index (Phi) is 6.66. The van der Waals surface area contributed by atoms with Crippen LogP contribution in [0.15, 0.2) is 24.3 Å².